The maximum Gasteiger partial charge on any atom is 0.334 e. The Balaban J connectivity index is 1.95. The van der Waals surface area contributed by atoms with Crippen LogP contribution < -0.4 is 4.90 Å². The molecule has 0 bridgehead atoms. The van der Waals surface area contributed by atoms with Crippen LogP contribution in [0, 0.1) is 0 Å². The summed E-state index contributed by atoms with van der Waals surface area (Å²) in [5, 5.41) is 4.10. The van der Waals surface area contributed by atoms with Crippen molar-refractivity contribution >= 4 is 17.9 Å². The average molecular weight is 277 g/mol. The lowest BCUT2D eigenvalue weighted by atomic mass is 9.91. The number of hydrogen-bond donors (Lipinski definition) is 0. The summed E-state index contributed by atoms with van der Waals surface area (Å²) in [6.07, 6.45) is 4.46. The highest BCUT2D eigenvalue weighted by Crippen LogP contribution is 2.33. The Hall–Kier alpha value is -1.92. The monoisotopic (exact) mass is 277 g/mol. The van der Waals surface area contributed by atoms with E-state index in [2.05, 4.69) is 10.1 Å². The molecule has 0 N–H and O–H groups in total. The van der Waals surface area contributed by atoms with Crippen LogP contribution in [0.5, 0.6) is 0 Å². The first-order valence-electron chi connectivity index (χ1n) is 7.08. The Bertz CT molecular complexity index is 549. The first-order chi connectivity index (χ1) is 9.52. The predicted molar refractivity (Wildman–Crippen MR) is 72.2 cm³/mol. The Labute approximate surface area is 117 Å². The summed E-state index contributed by atoms with van der Waals surface area (Å²) in [6, 6.07) is -0.435. The zero-order chi connectivity index (χ0) is 14.4. The summed E-state index contributed by atoms with van der Waals surface area (Å²) in [5.74, 6) is 0.112. The van der Waals surface area contributed by atoms with Crippen molar-refractivity contribution < 1.29 is 9.59 Å². The zero-order valence-corrected chi connectivity index (χ0v) is 12.0. The minimum Gasteiger partial charge on any atom is -0.309 e. The van der Waals surface area contributed by atoms with Crippen LogP contribution in [0.1, 0.15) is 46.1 Å². The fourth-order valence-corrected chi connectivity index (χ4v) is 2.77. The maximum absolute atomic E-state index is 12.6. The summed E-state index contributed by atoms with van der Waals surface area (Å²) in [7, 11) is 0. The molecule has 1 aromatic heterocycles. The molecule has 3 rings (SSSR count). The normalized spacial score (nSPS) is 23.9. The fourth-order valence-electron chi connectivity index (χ4n) is 2.77. The molecule has 1 aliphatic carbocycles. The number of aromatic nitrogens is 3. The van der Waals surface area contributed by atoms with E-state index >= 15 is 0 Å². The van der Waals surface area contributed by atoms with E-state index in [4.69, 9.17) is 0 Å². The molecule has 1 aliphatic heterocycles. The highest BCUT2D eigenvalue weighted by atomic mass is 16.2. The van der Waals surface area contributed by atoms with Crippen LogP contribution in [-0.2, 0) is 4.79 Å². The van der Waals surface area contributed by atoms with Gasteiger partial charge in [0.05, 0.1) is 6.04 Å². The molecule has 2 aliphatic rings. The van der Waals surface area contributed by atoms with Crippen LogP contribution in [0.2, 0.25) is 0 Å². The van der Waals surface area contributed by atoms with E-state index < -0.39 is 6.04 Å². The second-order valence-electron chi connectivity index (χ2n) is 5.72. The van der Waals surface area contributed by atoms with Crippen molar-refractivity contribution in [2.45, 2.75) is 58.2 Å². The van der Waals surface area contributed by atoms with Gasteiger partial charge in [-0.3, -0.25) is 4.79 Å². The SMILES string of the molecule is CC1C(=O)N(c2ncnn2C(C)C)C(=O)N1C1CCC1. The van der Waals surface area contributed by atoms with Gasteiger partial charge in [0.1, 0.15) is 12.4 Å². The van der Waals surface area contributed by atoms with Gasteiger partial charge in [0.25, 0.3) is 5.91 Å². The highest BCUT2D eigenvalue weighted by molar-refractivity contribution is 6.20. The van der Waals surface area contributed by atoms with E-state index in [1.807, 2.05) is 13.8 Å². The van der Waals surface area contributed by atoms with Crippen LogP contribution in [0.15, 0.2) is 6.33 Å². The molecule has 20 heavy (non-hydrogen) atoms. The van der Waals surface area contributed by atoms with Crippen molar-refractivity contribution in [3.8, 4) is 0 Å². The second-order valence-corrected chi connectivity index (χ2v) is 5.72. The molecule has 1 unspecified atom stereocenters. The van der Waals surface area contributed by atoms with E-state index in [9.17, 15) is 9.59 Å². The van der Waals surface area contributed by atoms with Crippen LogP contribution >= 0.6 is 0 Å². The average Bonchev–Trinajstić information content (AvgIpc) is 2.87. The Morgan fingerprint density at radius 1 is 1.30 bits per heavy atom. The standard InChI is InChI=1S/C13H19N5O2/c1-8(2)18-12(14-7-15-18)17-11(19)9(3)16(13(17)20)10-5-4-6-10/h7-10H,4-6H2,1-3H3. The third-order valence-electron chi connectivity index (χ3n) is 4.12. The van der Waals surface area contributed by atoms with Gasteiger partial charge in [0, 0.05) is 6.04 Å². The van der Waals surface area contributed by atoms with E-state index in [1.54, 1.807) is 16.5 Å². The molecular formula is C13H19N5O2. The summed E-state index contributed by atoms with van der Waals surface area (Å²) >= 11 is 0. The van der Waals surface area contributed by atoms with Gasteiger partial charge >= 0.3 is 6.03 Å². The predicted octanol–water partition coefficient (Wildman–Crippen LogP) is 1.57. The molecule has 7 heteroatoms. The van der Waals surface area contributed by atoms with Crippen molar-refractivity contribution in [1.29, 1.82) is 0 Å². The van der Waals surface area contributed by atoms with Crippen molar-refractivity contribution in [2.24, 2.45) is 0 Å². The van der Waals surface area contributed by atoms with Gasteiger partial charge in [-0.1, -0.05) is 0 Å². The zero-order valence-electron chi connectivity index (χ0n) is 12.0. The molecular weight excluding hydrogens is 258 g/mol. The quantitative estimate of drug-likeness (QED) is 0.786. The van der Waals surface area contributed by atoms with Crippen LogP contribution in [0.3, 0.4) is 0 Å². The van der Waals surface area contributed by atoms with Gasteiger partial charge in [-0.15, -0.1) is 0 Å². The lowest BCUT2D eigenvalue weighted by molar-refractivity contribution is -0.120. The van der Waals surface area contributed by atoms with E-state index in [0.717, 1.165) is 19.3 Å². The van der Waals surface area contributed by atoms with Gasteiger partial charge in [-0.25, -0.2) is 9.48 Å². The van der Waals surface area contributed by atoms with Crippen molar-refractivity contribution in [3.05, 3.63) is 6.33 Å². The number of carbonyl (C=O) groups excluding carboxylic acids is 2. The number of carbonyl (C=O) groups is 2. The number of imide groups is 1. The van der Waals surface area contributed by atoms with Gasteiger partial charge < -0.3 is 4.90 Å². The van der Waals surface area contributed by atoms with Crippen LogP contribution in [0.4, 0.5) is 10.7 Å². The largest absolute Gasteiger partial charge is 0.334 e. The minimum absolute atomic E-state index is 0.0427. The first-order valence-corrected chi connectivity index (χ1v) is 7.08. The molecule has 0 radical (unpaired) electrons. The van der Waals surface area contributed by atoms with Gasteiger partial charge in [-0.2, -0.15) is 15.0 Å². The molecule has 7 nitrogen and oxygen atoms in total. The molecule has 2 fully saturated rings. The molecule has 1 atom stereocenters. The number of anilines is 1. The fraction of sp³-hybridized carbons (Fsp3) is 0.692. The molecule has 1 saturated heterocycles. The number of hydrogen-bond acceptors (Lipinski definition) is 4. The van der Waals surface area contributed by atoms with E-state index in [0.29, 0.717) is 5.95 Å². The lowest BCUT2D eigenvalue weighted by Gasteiger charge is -2.35. The smallest absolute Gasteiger partial charge is 0.309 e. The van der Waals surface area contributed by atoms with Crippen LogP contribution in [0.25, 0.3) is 0 Å². The highest BCUT2D eigenvalue weighted by Gasteiger charge is 2.49. The van der Waals surface area contributed by atoms with Crippen molar-refractivity contribution in [2.75, 3.05) is 4.90 Å². The third kappa shape index (κ3) is 1.72. The Kier molecular flexibility index (Phi) is 2.99. The van der Waals surface area contributed by atoms with Crippen molar-refractivity contribution in [1.82, 2.24) is 19.7 Å². The molecule has 108 valence electrons. The topological polar surface area (TPSA) is 71.3 Å². The van der Waals surface area contributed by atoms with Crippen molar-refractivity contribution in [3.63, 3.8) is 0 Å². The molecule has 3 amide bonds. The number of urea groups is 1. The molecule has 1 saturated carbocycles. The molecule has 0 aromatic carbocycles. The number of rotatable bonds is 3. The Morgan fingerprint density at radius 3 is 2.55 bits per heavy atom. The summed E-state index contributed by atoms with van der Waals surface area (Å²) in [5.41, 5.74) is 0. The van der Waals surface area contributed by atoms with E-state index in [1.165, 1.54) is 11.2 Å². The van der Waals surface area contributed by atoms with E-state index in [-0.39, 0.29) is 24.0 Å². The molecule has 0 spiro atoms. The minimum atomic E-state index is -0.412. The third-order valence-corrected chi connectivity index (χ3v) is 4.12. The number of amides is 3. The van der Waals surface area contributed by atoms with Gasteiger partial charge in [-0.05, 0) is 40.0 Å². The Morgan fingerprint density at radius 2 is 2.00 bits per heavy atom. The number of nitrogens with zero attached hydrogens (tertiary/aromatic N) is 5. The maximum atomic E-state index is 12.6. The molecule has 1 aromatic rings. The first kappa shape index (κ1) is 13.1. The van der Waals surface area contributed by atoms with Gasteiger partial charge in [0.15, 0.2) is 0 Å². The lowest BCUT2D eigenvalue weighted by Crippen LogP contribution is -2.46. The summed E-state index contributed by atoms with van der Waals surface area (Å²) in [6.45, 7) is 5.67. The summed E-state index contributed by atoms with van der Waals surface area (Å²) in [4.78, 5) is 32.0. The second kappa shape index (κ2) is 4.57. The molecule has 2 heterocycles. The summed E-state index contributed by atoms with van der Waals surface area (Å²) < 4.78 is 1.60. The van der Waals surface area contributed by atoms with Gasteiger partial charge in [0.2, 0.25) is 5.95 Å². The van der Waals surface area contributed by atoms with Crippen LogP contribution in [-0.4, -0.2) is 43.7 Å².